The SMILES string of the molecule is COc1ccc(OC(C)C(=O)NCC(C)C)cc1. The molecule has 0 aliphatic rings. The van der Waals surface area contributed by atoms with Gasteiger partial charge in [-0.3, -0.25) is 4.79 Å². The van der Waals surface area contributed by atoms with E-state index >= 15 is 0 Å². The van der Waals surface area contributed by atoms with Crippen molar-refractivity contribution < 1.29 is 14.3 Å². The molecule has 1 amide bonds. The first-order valence-electron chi connectivity index (χ1n) is 6.11. The summed E-state index contributed by atoms with van der Waals surface area (Å²) in [6.45, 7) is 6.50. The van der Waals surface area contributed by atoms with Crippen LogP contribution in [-0.2, 0) is 4.79 Å². The fourth-order valence-electron chi connectivity index (χ4n) is 1.36. The van der Waals surface area contributed by atoms with Gasteiger partial charge in [0, 0.05) is 6.54 Å². The quantitative estimate of drug-likeness (QED) is 0.843. The molecule has 0 heterocycles. The number of rotatable bonds is 6. The Kier molecular flexibility index (Phi) is 5.49. The molecule has 0 radical (unpaired) electrons. The first-order valence-corrected chi connectivity index (χ1v) is 6.11. The van der Waals surface area contributed by atoms with Crippen molar-refractivity contribution in [2.45, 2.75) is 26.9 Å². The highest BCUT2D eigenvalue weighted by atomic mass is 16.5. The third kappa shape index (κ3) is 4.65. The molecule has 0 aromatic heterocycles. The van der Waals surface area contributed by atoms with E-state index in [0.29, 0.717) is 18.2 Å². The van der Waals surface area contributed by atoms with Crippen LogP contribution in [0.15, 0.2) is 24.3 Å². The van der Waals surface area contributed by atoms with E-state index in [-0.39, 0.29) is 5.91 Å². The predicted molar refractivity (Wildman–Crippen MR) is 70.9 cm³/mol. The average Bonchev–Trinajstić information content (AvgIpc) is 2.36. The molecule has 0 saturated carbocycles. The van der Waals surface area contributed by atoms with E-state index in [2.05, 4.69) is 19.2 Å². The number of ether oxygens (including phenoxy) is 2. The Labute approximate surface area is 108 Å². The largest absolute Gasteiger partial charge is 0.497 e. The van der Waals surface area contributed by atoms with Crippen molar-refractivity contribution in [3.05, 3.63) is 24.3 Å². The predicted octanol–water partition coefficient (Wildman–Crippen LogP) is 2.23. The number of amides is 1. The van der Waals surface area contributed by atoms with E-state index in [1.807, 2.05) is 0 Å². The third-order valence-electron chi connectivity index (χ3n) is 2.43. The highest BCUT2D eigenvalue weighted by Gasteiger charge is 2.14. The van der Waals surface area contributed by atoms with Gasteiger partial charge in [0.25, 0.3) is 5.91 Å². The summed E-state index contributed by atoms with van der Waals surface area (Å²) in [4.78, 5) is 11.7. The summed E-state index contributed by atoms with van der Waals surface area (Å²) in [5.74, 6) is 1.75. The van der Waals surface area contributed by atoms with E-state index in [1.54, 1.807) is 38.3 Å². The molecule has 100 valence electrons. The maximum atomic E-state index is 11.7. The van der Waals surface area contributed by atoms with Crippen LogP contribution in [0.4, 0.5) is 0 Å². The maximum absolute atomic E-state index is 11.7. The van der Waals surface area contributed by atoms with Crippen LogP contribution in [0.1, 0.15) is 20.8 Å². The Bertz CT molecular complexity index is 373. The molecule has 4 nitrogen and oxygen atoms in total. The van der Waals surface area contributed by atoms with Gasteiger partial charge in [0.15, 0.2) is 6.10 Å². The van der Waals surface area contributed by atoms with Crippen LogP contribution in [0, 0.1) is 5.92 Å². The van der Waals surface area contributed by atoms with Crippen LogP contribution < -0.4 is 14.8 Å². The van der Waals surface area contributed by atoms with Gasteiger partial charge in [-0.2, -0.15) is 0 Å². The second-order valence-corrected chi connectivity index (χ2v) is 4.57. The number of benzene rings is 1. The van der Waals surface area contributed by atoms with Crippen molar-refractivity contribution in [2.24, 2.45) is 5.92 Å². The first kappa shape index (κ1) is 14.4. The van der Waals surface area contributed by atoms with E-state index in [0.717, 1.165) is 5.75 Å². The van der Waals surface area contributed by atoms with Gasteiger partial charge in [0.05, 0.1) is 7.11 Å². The smallest absolute Gasteiger partial charge is 0.260 e. The molecular formula is C14H21NO3. The molecule has 0 spiro atoms. The lowest BCUT2D eigenvalue weighted by molar-refractivity contribution is -0.127. The topological polar surface area (TPSA) is 47.6 Å². The van der Waals surface area contributed by atoms with Gasteiger partial charge in [-0.05, 0) is 37.1 Å². The lowest BCUT2D eigenvalue weighted by Crippen LogP contribution is -2.38. The van der Waals surface area contributed by atoms with Gasteiger partial charge >= 0.3 is 0 Å². The highest BCUT2D eigenvalue weighted by Crippen LogP contribution is 2.18. The van der Waals surface area contributed by atoms with E-state index in [1.165, 1.54) is 0 Å². The highest BCUT2D eigenvalue weighted by molar-refractivity contribution is 5.80. The summed E-state index contributed by atoms with van der Waals surface area (Å²) in [5.41, 5.74) is 0. The Morgan fingerprint density at radius 1 is 1.17 bits per heavy atom. The molecule has 1 aromatic carbocycles. The lowest BCUT2D eigenvalue weighted by atomic mass is 10.2. The van der Waals surface area contributed by atoms with Crippen LogP contribution in [0.2, 0.25) is 0 Å². The van der Waals surface area contributed by atoms with Crippen molar-refractivity contribution in [1.29, 1.82) is 0 Å². The van der Waals surface area contributed by atoms with Crippen molar-refractivity contribution >= 4 is 5.91 Å². The lowest BCUT2D eigenvalue weighted by Gasteiger charge is -2.15. The number of carbonyl (C=O) groups is 1. The average molecular weight is 251 g/mol. The molecule has 0 aliphatic heterocycles. The van der Waals surface area contributed by atoms with Crippen LogP contribution in [0.5, 0.6) is 11.5 Å². The molecular weight excluding hydrogens is 230 g/mol. The first-order chi connectivity index (χ1) is 8.52. The third-order valence-corrected chi connectivity index (χ3v) is 2.43. The summed E-state index contributed by atoms with van der Waals surface area (Å²) in [7, 11) is 1.61. The molecule has 1 unspecified atom stereocenters. The minimum absolute atomic E-state index is 0.0977. The minimum atomic E-state index is -0.503. The van der Waals surface area contributed by atoms with Crippen LogP contribution in [0.25, 0.3) is 0 Å². The Balaban J connectivity index is 2.47. The minimum Gasteiger partial charge on any atom is -0.497 e. The normalized spacial score (nSPS) is 12.1. The zero-order valence-corrected chi connectivity index (χ0v) is 11.4. The zero-order chi connectivity index (χ0) is 13.5. The van der Waals surface area contributed by atoms with Crippen LogP contribution in [-0.4, -0.2) is 25.7 Å². The molecule has 4 heteroatoms. The standard InChI is InChI=1S/C14H21NO3/c1-10(2)9-15-14(16)11(3)18-13-7-5-12(17-4)6-8-13/h5-8,10-11H,9H2,1-4H3,(H,15,16). The fourth-order valence-corrected chi connectivity index (χ4v) is 1.36. The Morgan fingerprint density at radius 2 is 1.72 bits per heavy atom. The maximum Gasteiger partial charge on any atom is 0.260 e. The summed E-state index contributed by atoms with van der Waals surface area (Å²) in [5, 5.41) is 2.84. The van der Waals surface area contributed by atoms with Crippen molar-refractivity contribution in [1.82, 2.24) is 5.32 Å². The van der Waals surface area contributed by atoms with Gasteiger partial charge in [-0.15, -0.1) is 0 Å². The summed E-state index contributed by atoms with van der Waals surface area (Å²) < 4.78 is 10.6. The number of hydrogen-bond donors (Lipinski definition) is 1. The molecule has 0 saturated heterocycles. The van der Waals surface area contributed by atoms with Gasteiger partial charge < -0.3 is 14.8 Å². The Hall–Kier alpha value is -1.71. The molecule has 0 aliphatic carbocycles. The van der Waals surface area contributed by atoms with E-state index in [4.69, 9.17) is 9.47 Å². The second-order valence-electron chi connectivity index (χ2n) is 4.57. The van der Waals surface area contributed by atoms with Crippen molar-refractivity contribution in [3.63, 3.8) is 0 Å². The molecule has 1 rings (SSSR count). The molecule has 0 fully saturated rings. The summed E-state index contributed by atoms with van der Waals surface area (Å²) in [6.07, 6.45) is -0.503. The monoisotopic (exact) mass is 251 g/mol. The molecule has 18 heavy (non-hydrogen) atoms. The number of hydrogen-bond acceptors (Lipinski definition) is 3. The van der Waals surface area contributed by atoms with Crippen LogP contribution in [0.3, 0.4) is 0 Å². The summed E-state index contributed by atoms with van der Waals surface area (Å²) in [6, 6.07) is 7.16. The molecule has 1 atom stereocenters. The molecule has 0 bridgehead atoms. The van der Waals surface area contributed by atoms with E-state index in [9.17, 15) is 4.79 Å². The Morgan fingerprint density at radius 3 is 2.22 bits per heavy atom. The van der Waals surface area contributed by atoms with Crippen LogP contribution >= 0.6 is 0 Å². The van der Waals surface area contributed by atoms with Gasteiger partial charge in [-0.1, -0.05) is 13.8 Å². The number of carbonyl (C=O) groups excluding carboxylic acids is 1. The fraction of sp³-hybridized carbons (Fsp3) is 0.500. The van der Waals surface area contributed by atoms with Gasteiger partial charge in [0.1, 0.15) is 11.5 Å². The van der Waals surface area contributed by atoms with Gasteiger partial charge in [0.2, 0.25) is 0 Å². The van der Waals surface area contributed by atoms with Crippen molar-refractivity contribution in [2.75, 3.05) is 13.7 Å². The number of nitrogens with one attached hydrogen (secondary N) is 1. The second kappa shape index (κ2) is 6.89. The molecule has 1 N–H and O–H groups in total. The van der Waals surface area contributed by atoms with E-state index < -0.39 is 6.10 Å². The zero-order valence-electron chi connectivity index (χ0n) is 11.4. The summed E-state index contributed by atoms with van der Waals surface area (Å²) >= 11 is 0. The van der Waals surface area contributed by atoms with Gasteiger partial charge in [-0.25, -0.2) is 0 Å². The molecule has 1 aromatic rings. The van der Waals surface area contributed by atoms with Crippen molar-refractivity contribution in [3.8, 4) is 11.5 Å². The number of methoxy groups -OCH3 is 1.